The molecule has 0 atom stereocenters. The standard InChI is InChI=1S/C19H13ClFNO5S/c20-15-8-13(21)4-3-12(15)9-22-18(25)16(28-19(22)26)7-11-1-5-14(6-2-11)27-10-17(23)24/h1-8H,9-10H2,(H,23,24)/b16-7-. The summed E-state index contributed by atoms with van der Waals surface area (Å²) < 4.78 is 18.2. The second-order valence-electron chi connectivity index (χ2n) is 5.76. The molecule has 1 aliphatic rings. The van der Waals surface area contributed by atoms with Gasteiger partial charge in [0.1, 0.15) is 11.6 Å². The van der Waals surface area contributed by atoms with Crippen LogP contribution in [-0.4, -0.2) is 33.7 Å². The molecule has 2 aromatic rings. The third-order valence-corrected chi connectivity index (χ3v) is 5.02. The Morgan fingerprint density at radius 3 is 2.57 bits per heavy atom. The number of rotatable bonds is 6. The van der Waals surface area contributed by atoms with E-state index in [1.807, 2.05) is 0 Å². The molecule has 2 aromatic carbocycles. The van der Waals surface area contributed by atoms with Crippen LogP contribution in [0.15, 0.2) is 47.4 Å². The molecule has 144 valence electrons. The fourth-order valence-electron chi connectivity index (χ4n) is 2.41. The van der Waals surface area contributed by atoms with Gasteiger partial charge in [0.05, 0.1) is 11.4 Å². The molecule has 9 heteroatoms. The van der Waals surface area contributed by atoms with Crippen molar-refractivity contribution in [2.45, 2.75) is 6.54 Å². The number of ether oxygens (including phenoxy) is 1. The first kappa shape index (κ1) is 19.9. The molecule has 0 aromatic heterocycles. The average Bonchev–Trinajstić information content (AvgIpc) is 2.90. The summed E-state index contributed by atoms with van der Waals surface area (Å²) in [4.78, 5) is 36.5. The van der Waals surface area contributed by atoms with E-state index in [1.54, 1.807) is 30.3 Å². The van der Waals surface area contributed by atoms with Crippen LogP contribution >= 0.6 is 23.4 Å². The Morgan fingerprint density at radius 1 is 1.21 bits per heavy atom. The minimum Gasteiger partial charge on any atom is -0.482 e. The molecule has 2 amide bonds. The second kappa shape index (κ2) is 8.45. The molecule has 1 aliphatic heterocycles. The number of amides is 2. The van der Waals surface area contributed by atoms with Gasteiger partial charge in [0.15, 0.2) is 6.61 Å². The van der Waals surface area contributed by atoms with Crippen molar-refractivity contribution in [3.63, 3.8) is 0 Å². The monoisotopic (exact) mass is 421 g/mol. The first-order valence-electron chi connectivity index (χ1n) is 7.97. The lowest BCUT2D eigenvalue weighted by atomic mass is 10.2. The van der Waals surface area contributed by atoms with Gasteiger partial charge in [-0.2, -0.15) is 0 Å². The minimum absolute atomic E-state index is 0.0525. The van der Waals surface area contributed by atoms with Crippen LogP contribution in [0.5, 0.6) is 5.75 Å². The summed E-state index contributed by atoms with van der Waals surface area (Å²) in [6, 6.07) is 10.2. The van der Waals surface area contributed by atoms with Crippen LogP contribution in [0.1, 0.15) is 11.1 Å². The summed E-state index contributed by atoms with van der Waals surface area (Å²) in [5, 5.41) is 8.29. The zero-order chi connectivity index (χ0) is 20.3. The molecule has 0 unspecified atom stereocenters. The quantitative estimate of drug-likeness (QED) is 0.704. The van der Waals surface area contributed by atoms with Crippen LogP contribution in [0, 0.1) is 5.82 Å². The second-order valence-corrected chi connectivity index (χ2v) is 7.16. The van der Waals surface area contributed by atoms with Crippen molar-refractivity contribution < 1.29 is 28.6 Å². The molecular weight excluding hydrogens is 409 g/mol. The van der Waals surface area contributed by atoms with Crippen LogP contribution in [-0.2, 0) is 16.1 Å². The zero-order valence-electron chi connectivity index (χ0n) is 14.2. The Labute approximate surface area is 168 Å². The van der Waals surface area contributed by atoms with Crippen LogP contribution < -0.4 is 4.74 Å². The highest BCUT2D eigenvalue weighted by Crippen LogP contribution is 2.34. The Kier molecular flexibility index (Phi) is 6.01. The van der Waals surface area contributed by atoms with Gasteiger partial charge < -0.3 is 9.84 Å². The summed E-state index contributed by atoms with van der Waals surface area (Å²) in [5.74, 6) is -1.68. The lowest BCUT2D eigenvalue weighted by Gasteiger charge is -2.13. The number of thioether (sulfide) groups is 1. The topological polar surface area (TPSA) is 83.9 Å². The number of hydrogen-bond acceptors (Lipinski definition) is 5. The molecule has 0 bridgehead atoms. The van der Waals surface area contributed by atoms with Gasteiger partial charge in [-0.25, -0.2) is 9.18 Å². The van der Waals surface area contributed by atoms with Crippen LogP contribution in [0.3, 0.4) is 0 Å². The maximum Gasteiger partial charge on any atom is 0.341 e. The predicted molar refractivity (Wildman–Crippen MR) is 102 cm³/mol. The molecule has 6 nitrogen and oxygen atoms in total. The van der Waals surface area contributed by atoms with E-state index >= 15 is 0 Å². The van der Waals surface area contributed by atoms with Crippen molar-refractivity contribution in [3.05, 3.63) is 69.3 Å². The Bertz CT molecular complexity index is 977. The maximum atomic E-state index is 13.2. The molecule has 28 heavy (non-hydrogen) atoms. The normalized spacial score (nSPS) is 15.4. The van der Waals surface area contributed by atoms with Crippen molar-refractivity contribution >= 4 is 46.6 Å². The number of carbonyl (C=O) groups is 3. The summed E-state index contributed by atoms with van der Waals surface area (Å²) in [6.07, 6.45) is 1.55. The van der Waals surface area contributed by atoms with Gasteiger partial charge in [-0.05, 0) is 53.2 Å². The van der Waals surface area contributed by atoms with Crippen LogP contribution in [0.25, 0.3) is 6.08 Å². The number of imide groups is 1. The maximum absolute atomic E-state index is 13.2. The largest absolute Gasteiger partial charge is 0.482 e. The summed E-state index contributed by atoms with van der Waals surface area (Å²) in [7, 11) is 0. The third-order valence-electron chi connectivity index (χ3n) is 3.76. The van der Waals surface area contributed by atoms with E-state index in [0.717, 1.165) is 22.7 Å². The minimum atomic E-state index is -1.08. The van der Waals surface area contributed by atoms with Gasteiger partial charge in [-0.3, -0.25) is 14.5 Å². The van der Waals surface area contributed by atoms with Crippen molar-refractivity contribution in [1.29, 1.82) is 0 Å². The Morgan fingerprint density at radius 2 is 1.93 bits per heavy atom. The Balaban J connectivity index is 1.72. The van der Waals surface area contributed by atoms with Crippen molar-refractivity contribution in [2.24, 2.45) is 0 Å². The highest BCUT2D eigenvalue weighted by Gasteiger charge is 2.35. The lowest BCUT2D eigenvalue weighted by molar-refractivity contribution is -0.139. The van der Waals surface area contributed by atoms with E-state index < -0.39 is 29.5 Å². The van der Waals surface area contributed by atoms with Crippen molar-refractivity contribution in [1.82, 2.24) is 4.90 Å². The third kappa shape index (κ3) is 4.71. The van der Waals surface area contributed by atoms with Crippen molar-refractivity contribution in [2.75, 3.05) is 6.61 Å². The highest BCUT2D eigenvalue weighted by atomic mass is 35.5. The van der Waals surface area contributed by atoms with Gasteiger partial charge in [0.25, 0.3) is 11.1 Å². The molecule has 1 saturated heterocycles. The first-order chi connectivity index (χ1) is 13.3. The smallest absolute Gasteiger partial charge is 0.341 e. The van der Waals surface area contributed by atoms with E-state index in [-0.39, 0.29) is 16.5 Å². The van der Waals surface area contributed by atoms with Gasteiger partial charge in [0.2, 0.25) is 0 Å². The summed E-state index contributed by atoms with van der Waals surface area (Å²) in [5.41, 5.74) is 1.11. The van der Waals surface area contributed by atoms with Crippen LogP contribution in [0.4, 0.5) is 9.18 Å². The molecule has 1 heterocycles. The van der Waals surface area contributed by atoms with E-state index in [9.17, 15) is 18.8 Å². The number of nitrogens with zero attached hydrogens (tertiary/aromatic N) is 1. The molecule has 0 radical (unpaired) electrons. The number of carboxylic acid groups (broad SMARTS) is 1. The highest BCUT2D eigenvalue weighted by molar-refractivity contribution is 8.18. The average molecular weight is 422 g/mol. The zero-order valence-corrected chi connectivity index (χ0v) is 15.8. The number of carbonyl (C=O) groups excluding carboxylic acids is 2. The predicted octanol–water partition coefficient (Wildman–Crippen LogP) is 4.18. The summed E-state index contributed by atoms with van der Waals surface area (Å²) in [6.45, 7) is -0.507. The van der Waals surface area contributed by atoms with E-state index in [0.29, 0.717) is 16.9 Å². The molecule has 3 rings (SSSR count). The van der Waals surface area contributed by atoms with Gasteiger partial charge in [-0.1, -0.05) is 29.8 Å². The van der Waals surface area contributed by atoms with E-state index in [2.05, 4.69) is 0 Å². The molecular formula is C19H13ClFNO5S. The summed E-state index contributed by atoms with van der Waals surface area (Å²) >= 11 is 6.77. The lowest BCUT2D eigenvalue weighted by Crippen LogP contribution is -2.27. The van der Waals surface area contributed by atoms with Crippen molar-refractivity contribution in [3.8, 4) is 5.75 Å². The molecule has 0 saturated carbocycles. The SMILES string of the molecule is O=C(O)COc1ccc(/C=C2\SC(=O)N(Cc3ccc(F)cc3Cl)C2=O)cc1. The Hall–Kier alpha value is -2.84. The van der Waals surface area contributed by atoms with E-state index in [1.165, 1.54) is 12.1 Å². The van der Waals surface area contributed by atoms with Crippen LogP contribution in [0.2, 0.25) is 5.02 Å². The fraction of sp³-hybridized carbons (Fsp3) is 0.105. The fourth-order valence-corrected chi connectivity index (χ4v) is 3.48. The molecule has 1 fully saturated rings. The number of benzene rings is 2. The number of carboxylic acids is 1. The van der Waals surface area contributed by atoms with Gasteiger partial charge in [-0.15, -0.1) is 0 Å². The molecule has 1 N–H and O–H groups in total. The number of aliphatic carboxylic acids is 1. The number of halogens is 2. The molecule has 0 aliphatic carbocycles. The first-order valence-corrected chi connectivity index (χ1v) is 9.17. The van der Waals surface area contributed by atoms with Gasteiger partial charge >= 0.3 is 5.97 Å². The molecule has 0 spiro atoms. The number of hydrogen-bond donors (Lipinski definition) is 1. The van der Waals surface area contributed by atoms with E-state index in [4.69, 9.17) is 21.4 Å². The van der Waals surface area contributed by atoms with Gasteiger partial charge in [0, 0.05) is 5.02 Å².